The molecule has 0 heterocycles. The highest BCUT2D eigenvalue weighted by molar-refractivity contribution is 9.10. The van der Waals surface area contributed by atoms with Crippen LogP contribution in [0, 0.1) is 17.1 Å². The smallest absolute Gasteiger partial charge is 0.147 e. The van der Waals surface area contributed by atoms with Crippen molar-refractivity contribution < 1.29 is 9.13 Å². The normalized spacial score (nSPS) is 10.1. The summed E-state index contributed by atoms with van der Waals surface area (Å²) in [6, 6.07) is 11.9. The molecule has 0 aliphatic carbocycles. The van der Waals surface area contributed by atoms with E-state index in [1.807, 2.05) is 6.07 Å². The Balaban J connectivity index is 2.15. The molecule has 0 spiro atoms. The topological polar surface area (TPSA) is 59.0 Å². The molecule has 2 aromatic carbocycles. The Bertz CT molecular complexity index is 667. The standard InChI is InChI=1S/C15H12BrFN2O/c16-14-5-4-13(6-12(14)8-19)20-9-11-3-1-2-10(7-18)15(11)17/h1-6H,8-9,19H2. The number of hydrogen-bond acceptors (Lipinski definition) is 3. The molecule has 0 aromatic heterocycles. The zero-order valence-electron chi connectivity index (χ0n) is 10.6. The number of nitriles is 1. The molecule has 2 N–H and O–H groups in total. The van der Waals surface area contributed by atoms with Gasteiger partial charge in [-0.25, -0.2) is 4.39 Å². The lowest BCUT2D eigenvalue weighted by atomic mass is 10.1. The molecule has 0 radical (unpaired) electrons. The first-order valence-corrected chi connectivity index (χ1v) is 6.73. The van der Waals surface area contributed by atoms with Crippen LogP contribution in [0.15, 0.2) is 40.9 Å². The molecule has 20 heavy (non-hydrogen) atoms. The summed E-state index contributed by atoms with van der Waals surface area (Å²) < 4.78 is 20.3. The van der Waals surface area contributed by atoms with Gasteiger partial charge in [-0.2, -0.15) is 5.26 Å². The lowest BCUT2D eigenvalue weighted by Gasteiger charge is -2.10. The third kappa shape index (κ3) is 3.16. The van der Waals surface area contributed by atoms with Gasteiger partial charge in [0, 0.05) is 16.6 Å². The van der Waals surface area contributed by atoms with Gasteiger partial charge in [0.25, 0.3) is 0 Å². The number of benzene rings is 2. The van der Waals surface area contributed by atoms with E-state index in [0.717, 1.165) is 10.0 Å². The first-order chi connectivity index (χ1) is 9.65. The highest BCUT2D eigenvalue weighted by Gasteiger charge is 2.08. The van der Waals surface area contributed by atoms with E-state index in [2.05, 4.69) is 15.9 Å². The van der Waals surface area contributed by atoms with Gasteiger partial charge in [-0.05, 0) is 29.8 Å². The summed E-state index contributed by atoms with van der Waals surface area (Å²) >= 11 is 3.39. The van der Waals surface area contributed by atoms with Crippen LogP contribution < -0.4 is 10.5 Å². The van der Waals surface area contributed by atoms with Gasteiger partial charge in [0.05, 0.1) is 5.56 Å². The molecule has 0 saturated heterocycles. The van der Waals surface area contributed by atoms with Crippen LogP contribution in [0.4, 0.5) is 4.39 Å². The van der Waals surface area contributed by atoms with Crippen LogP contribution in [0.1, 0.15) is 16.7 Å². The van der Waals surface area contributed by atoms with E-state index in [-0.39, 0.29) is 12.2 Å². The van der Waals surface area contributed by atoms with E-state index in [4.69, 9.17) is 15.7 Å². The summed E-state index contributed by atoms with van der Waals surface area (Å²) in [7, 11) is 0. The molecule has 5 heteroatoms. The van der Waals surface area contributed by atoms with Crippen LogP contribution in [-0.4, -0.2) is 0 Å². The molecule has 0 unspecified atom stereocenters. The predicted molar refractivity (Wildman–Crippen MR) is 77.5 cm³/mol. The summed E-state index contributed by atoms with van der Waals surface area (Å²) in [6.07, 6.45) is 0. The summed E-state index contributed by atoms with van der Waals surface area (Å²) in [5.41, 5.74) is 6.88. The number of nitrogens with two attached hydrogens (primary N) is 1. The Hall–Kier alpha value is -1.90. The van der Waals surface area contributed by atoms with Gasteiger partial charge in [-0.3, -0.25) is 0 Å². The van der Waals surface area contributed by atoms with Gasteiger partial charge in [0.15, 0.2) is 0 Å². The highest BCUT2D eigenvalue weighted by Crippen LogP contribution is 2.23. The van der Waals surface area contributed by atoms with Gasteiger partial charge in [0.2, 0.25) is 0 Å². The molecule has 0 aliphatic rings. The van der Waals surface area contributed by atoms with Crippen LogP contribution in [-0.2, 0) is 13.2 Å². The van der Waals surface area contributed by atoms with E-state index >= 15 is 0 Å². The van der Waals surface area contributed by atoms with Crippen LogP contribution in [0.25, 0.3) is 0 Å². The lowest BCUT2D eigenvalue weighted by Crippen LogP contribution is -2.02. The van der Waals surface area contributed by atoms with E-state index in [1.54, 1.807) is 30.3 Å². The fourth-order valence-corrected chi connectivity index (χ4v) is 2.14. The maximum atomic E-state index is 13.9. The molecule has 0 atom stereocenters. The molecule has 0 aliphatic heterocycles. The molecule has 2 rings (SSSR count). The molecule has 102 valence electrons. The van der Waals surface area contributed by atoms with Gasteiger partial charge >= 0.3 is 0 Å². The number of halogens is 2. The average Bonchev–Trinajstić information content (AvgIpc) is 2.47. The van der Waals surface area contributed by atoms with Crippen molar-refractivity contribution in [3.05, 3.63) is 63.4 Å². The van der Waals surface area contributed by atoms with Gasteiger partial charge in [-0.15, -0.1) is 0 Å². The molecule has 3 nitrogen and oxygen atoms in total. The zero-order valence-corrected chi connectivity index (χ0v) is 12.2. The number of ether oxygens (including phenoxy) is 1. The van der Waals surface area contributed by atoms with Crippen LogP contribution in [0.5, 0.6) is 5.75 Å². The Labute approximate surface area is 124 Å². The third-order valence-electron chi connectivity index (χ3n) is 2.83. The first-order valence-electron chi connectivity index (χ1n) is 5.94. The minimum absolute atomic E-state index is 0.0181. The average molecular weight is 335 g/mol. The molecular weight excluding hydrogens is 323 g/mol. The second-order valence-electron chi connectivity index (χ2n) is 4.14. The number of rotatable bonds is 4. The quantitative estimate of drug-likeness (QED) is 0.930. The maximum Gasteiger partial charge on any atom is 0.147 e. The van der Waals surface area contributed by atoms with Crippen molar-refractivity contribution in [3.63, 3.8) is 0 Å². The molecule has 0 amide bonds. The molecule has 0 saturated carbocycles. The summed E-state index contributed by atoms with van der Waals surface area (Å²) in [5.74, 6) is 0.0709. The van der Waals surface area contributed by atoms with Crippen molar-refractivity contribution in [2.24, 2.45) is 5.73 Å². The minimum atomic E-state index is -0.536. The van der Waals surface area contributed by atoms with E-state index in [9.17, 15) is 4.39 Å². The summed E-state index contributed by atoms with van der Waals surface area (Å²) in [6.45, 7) is 0.447. The molecule has 0 bridgehead atoms. The molecular formula is C15H12BrFN2O. The van der Waals surface area contributed by atoms with E-state index < -0.39 is 5.82 Å². The van der Waals surface area contributed by atoms with Gasteiger partial charge < -0.3 is 10.5 Å². The van der Waals surface area contributed by atoms with Crippen LogP contribution >= 0.6 is 15.9 Å². The van der Waals surface area contributed by atoms with E-state index in [0.29, 0.717) is 17.9 Å². The van der Waals surface area contributed by atoms with Crippen LogP contribution in [0.3, 0.4) is 0 Å². The van der Waals surface area contributed by atoms with Crippen molar-refractivity contribution in [3.8, 4) is 11.8 Å². The SMILES string of the molecule is N#Cc1cccc(COc2ccc(Br)c(CN)c2)c1F. The minimum Gasteiger partial charge on any atom is -0.489 e. The Morgan fingerprint density at radius 2 is 2.05 bits per heavy atom. The maximum absolute atomic E-state index is 13.9. The van der Waals surface area contributed by atoms with Crippen molar-refractivity contribution in [2.75, 3.05) is 0 Å². The number of nitrogens with zero attached hydrogens (tertiary/aromatic N) is 1. The zero-order chi connectivity index (χ0) is 14.5. The Morgan fingerprint density at radius 3 is 2.75 bits per heavy atom. The number of hydrogen-bond donors (Lipinski definition) is 1. The van der Waals surface area contributed by atoms with Gasteiger partial charge in [-0.1, -0.05) is 28.1 Å². The Kier molecular flexibility index (Phi) is 4.72. The van der Waals surface area contributed by atoms with E-state index in [1.165, 1.54) is 6.07 Å². The Morgan fingerprint density at radius 1 is 1.25 bits per heavy atom. The molecule has 2 aromatic rings. The summed E-state index contributed by atoms with van der Waals surface area (Å²) in [4.78, 5) is 0. The fraction of sp³-hybridized carbons (Fsp3) is 0.133. The highest BCUT2D eigenvalue weighted by atomic mass is 79.9. The monoisotopic (exact) mass is 334 g/mol. The van der Waals surface area contributed by atoms with Crippen molar-refractivity contribution in [2.45, 2.75) is 13.2 Å². The second kappa shape index (κ2) is 6.51. The van der Waals surface area contributed by atoms with Crippen LogP contribution in [0.2, 0.25) is 0 Å². The largest absolute Gasteiger partial charge is 0.489 e. The third-order valence-corrected chi connectivity index (χ3v) is 3.60. The first kappa shape index (κ1) is 14.5. The summed E-state index contributed by atoms with van der Waals surface area (Å²) in [5, 5.41) is 8.78. The second-order valence-corrected chi connectivity index (χ2v) is 4.99. The van der Waals surface area contributed by atoms with Gasteiger partial charge in [0.1, 0.15) is 24.2 Å². The molecule has 0 fully saturated rings. The van der Waals surface area contributed by atoms with Crippen molar-refractivity contribution in [1.29, 1.82) is 5.26 Å². The van der Waals surface area contributed by atoms with Crippen molar-refractivity contribution in [1.82, 2.24) is 0 Å². The lowest BCUT2D eigenvalue weighted by molar-refractivity contribution is 0.299. The van der Waals surface area contributed by atoms with Crippen molar-refractivity contribution >= 4 is 15.9 Å². The fourth-order valence-electron chi connectivity index (χ4n) is 1.74. The predicted octanol–water partition coefficient (Wildman–Crippen LogP) is 3.50.